The minimum absolute atomic E-state index is 0.143. The summed E-state index contributed by atoms with van der Waals surface area (Å²) in [4.78, 5) is 23.2. The van der Waals surface area contributed by atoms with Crippen molar-refractivity contribution in [2.24, 2.45) is 0 Å². The fourth-order valence-electron chi connectivity index (χ4n) is 1.51. The predicted molar refractivity (Wildman–Crippen MR) is 67.1 cm³/mol. The summed E-state index contributed by atoms with van der Waals surface area (Å²) >= 11 is 0. The first-order valence-electron chi connectivity index (χ1n) is 6.01. The van der Waals surface area contributed by atoms with Gasteiger partial charge in [0.05, 0.1) is 5.56 Å². The van der Waals surface area contributed by atoms with E-state index in [1.165, 1.54) is 13.0 Å². The van der Waals surface area contributed by atoms with Crippen LogP contribution in [0.1, 0.15) is 29.8 Å². The number of likely N-dealkylation sites (N-methyl/N-ethyl adjacent to an activating group) is 1. The van der Waals surface area contributed by atoms with Crippen molar-refractivity contribution in [3.8, 4) is 0 Å². The number of nitrogens with one attached hydrogen (secondary N) is 2. The van der Waals surface area contributed by atoms with E-state index >= 15 is 0 Å². The number of alkyl halides is 3. The van der Waals surface area contributed by atoms with E-state index in [9.17, 15) is 22.8 Å². The van der Waals surface area contributed by atoms with Gasteiger partial charge in [-0.3, -0.25) is 9.59 Å². The van der Waals surface area contributed by atoms with Crippen molar-refractivity contribution in [3.05, 3.63) is 35.4 Å². The quantitative estimate of drug-likeness (QED) is 0.890. The van der Waals surface area contributed by atoms with Crippen LogP contribution >= 0.6 is 0 Å². The van der Waals surface area contributed by atoms with Gasteiger partial charge in [0.2, 0.25) is 5.91 Å². The molecule has 0 fully saturated rings. The molecule has 0 spiro atoms. The molecule has 1 aromatic rings. The van der Waals surface area contributed by atoms with E-state index in [0.29, 0.717) is 6.54 Å². The third-order valence-electron chi connectivity index (χ3n) is 2.54. The highest BCUT2D eigenvalue weighted by molar-refractivity contribution is 5.97. The maximum atomic E-state index is 12.5. The van der Waals surface area contributed by atoms with Crippen molar-refractivity contribution in [3.63, 3.8) is 0 Å². The Hall–Kier alpha value is -2.05. The highest BCUT2D eigenvalue weighted by Crippen LogP contribution is 2.29. The predicted octanol–water partition coefficient (Wildman–Crippen LogP) is 1.96. The highest BCUT2D eigenvalue weighted by Gasteiger charge is 2.31. The zero-order chi connectivity index (χ0) is 15.3. The lowest BCUT2D eigenvalue weighted by Gasteiger charge is -2.14. The average Bonchev–Trinajstić information content (AvgIpc) is 2.38. The summed E-state index contributed by atoms with van der Waals surface area (Å²) < 4.78 is 37.6. The molecular weight excluding hydrogens is 273 g/mol. The van der Waals surface area contributed by atoms with Gasteiger partial charge in [-0.05, 0) is 32.0 Å². The molecule has 0 aliphatic carbocycles. The second-order valence-corrected chi connectivity index (χ2v) is 4.17. The van der Waals surface area contributed by atoms with Crippen LogP contribution in [0, 0.1) is 0 Å². The van der Waals surface area contributed by atoms with Gasteiger partial charge in [-0.2, -0.15) is 13.2 Å². The summed E-state index contributed by atoms with van der Waals surface area (Å²) in [6.45, 7) is 3.58. The van der Waals surface area contributed by atoms with Gasteiger partial charge in [0.25, 0.3) is 5.91 Å². The summed E-state index contributed by atoms with van der Waals surface area (Å²) in [6.07, 6.45) is -4.51. The molecule has 1 aromatic carbocycles. The SMILES string of the molecule is CCNC(=O)[C@H](C)NC(=O)c1cccc(C(F)(F)F)c1. The van der Waals surface area contributed by atoms with Crippen LogP contribution in [0.4, 0.5) is 13.2 Å². The summed E-state index contributed by atoms with van der Waals surface area (Å²) in [5.41, 5.74) is -1.05. The molecule has 0 aromatic heterocycles. The Balaban J connectivity index is 2.80. The third-order valence-corrected chi connectivity index (χ3v) is 2.54. The van der Waals surface area contributed by atoms with Crippen LogP contribution in [0.15, 0.2) is 24.3 Å². The molecule has 0 heterocycles. The van der Waals surface area contributed by atoms with Crippen molar-refractivity contribution in [1.29, 1.82) is 0 Å². The van der Waals surface area contributed by atoms with E-state index in [0.717, 1.165) is 18.2 Å². The van der Waals surface area contributed by atoms with Gasteiger partial charge >= 0.3 is 6.18 Å². The zero-order valence-electron chi connectivity index (χ0n) is 11.0. The van der Waals surface area contributed by atoms with E-state index in [4.69, 9.17) is 0 Å². The first kappa shape index (κ1) is 16.0. The zero-order valence-corrected chi connectivity index (χ0v) is 11.0. The minimum atomic E-state index is -4.51. The molecule has 1 rings (SSSR count). The molecule has 1 atom stereocenters. The molecular formula is C13H15F3N2O2. The van der Waals surface area contributed by atoms with E-state index in [1.54, 1.807) is 6.92 Å². The van der Waals surface area contributed by atoms with Gasteiger partial charge in [0.15, 0.2) is 0 Å². The summed E-state index contributed by atoms with van der Waals surface area (Å²) in [5, 5.41) is 4.85. The topological polar surface area (TPSA) is 58.2 Å². The third kappa shape index (κ3) is 4.25. The average molecular weight is 288 g/mol. The minimum Gasteiger partial charge on any atom is -0.355 e. The number of hydrogen-bond acceptors (Lipinski definition) is 2. The van der Waals surface area contributed by atoms with E-state index < -0.39 is 29.6 Å². The molecule has 0 unspecified atom stereocenters. The van der Waals surface area contributed by atoms with E-state index in [1.807, 2.05) is 0 Å². The second kappa shape index (κ2) is 6.40. The van der Waals surface area contributed by atoms with Gasteiger partial charge < -0.3 is 10.6 Å². The molecule has 0 saturated heterocycles. The molecule has 0 aliphatic rings. The number of carbonyl (C=O) groups excluding carboxylic acids is 2. The van der Waals surface area contributed by atoms with Crippen molar-refractivity contribution in [2.75, 3.05) is 6.54 Å². The van der Waals surface area contributed by atoms with E-state index in [-0.39, 0.29) is 5.56 Å². The highest BCUT2D eigenvalue weighted by atomic mass is 19.4. The van der Waals surface area contributed by atoms with Crippen molar-refractivity contribution in [2.45, 2.75) is 26.1 Å². The smallest absolute Gasteiger partial charge is 0.355 e. The lowest BCUT2D eigenvalue weighted by Crippen LogP contribution is -2.44. The fraction of sp³-hybridized carbons (Fsp3) is 0.385. The molecule has 0 bridgehead atoms. The van der Waals surface area contributed by atoms with Crippen LogP contribution in [0.2, 0.25) is 0 Å². The summed E-state index contributed by atoms with van der Waals surface area (Å²) in [6, 6.07) is 3.21. The van der Waals surface area contributed by atoms with Gasteiger partial charge in [-0.15, -0.1) is 0 Å². The Bertz CT molecular complexity index is 501. The number of halogens is 3. The molecule has 4 nitrogen and oxygen atoms in total. The van der Waals surface area contributed by atoms with Gasteiger partial charge in [-0.1, -0.05) is 6.07 Å². The van der Waals surface area contributed by atoms with Crippen LogP contribution in [0.5, 0.6) is 0 Å². The van der Waals surface area contributed by atoms with Crippen LogP contribution < -0.4 is 10.6 Å². The second-order valence-electron chi connectivity index (χ2n) is 4.17. The first-order valence-corrected chi connectivity index (χ1v) is 6.01. The lowest BCUT2D eigenvalue weighted by molar-refractivity contribution is -0.137. The van der Waals surface area contributed by atoms with Crippen LogP contribution in [-0.4, -0.2) is 24.4 Å². The maximum Gasteiger partial charge on any atom is 0.416 e. The van der Waals surface area contributed by atoms with Crippen molar-refractivity contribution < 1.29 is 22.8 Å². The van der Waals surface area contributed by atoms with Crippen LogP contribution in [0.3, 0.4) is 0 Å². The van der Waals surface area contributed by atoms with Crippen LogP contribution in [0.25, 0.3) is 0 Å². The number of rotatable bonds is 4. The van der Waals surface area contributed by atoms with E-state index in [2.05, 4.69) is 10.6 Å². The molecule has 2 N–H and O–H groups in total. The standard InChI is InChI=1S/C13H15F3N2O2/c1-3-17-11(19)8(2)18-12(20)9-5-4-6-10(7-9)13(14,15)16/h4-8H,3H2,1-2H3,(H,17,19)(H,18,20)/t8-/m0/s1. The van der Waals surface area contributed by atoms with Gasteiger partial charge in [0, 0.05) is 12.1 Å². The number of hydrogen-bond donors (Lipinski definition) is 2. The lowest BCUT2D eigenvalue weighted by atomic mass is 10.1. The Morgan fingerprint density at radius 3 is 2.50 bits per heavy atom. The Morgan fingerprint density at radius 2 is 1.95 bits per heavy atom. The largest absolute Gasteiger partial charge is 0.416 e. The molecule has 0 radical (unpaired) electrons. The molecule has 7 heteroatoms. The number of carbonyl (C=O) groups is 2. The van der Waals surface area contributed by atoms with Crippen LogP contribution in [-0.2, 0) is 11.0 Å². The Morgan fingerprint density at radius 1 is 1.30 bits per heavy atom. The Labute approximate surface area is 114 Å². The summed E-state index contributed by atoms with van der Waals surface area (Å²) in [7, 11) is 0. The number of benzene rings is 1. The van der Waals surface area contributed by atoms with Gasteiger partial charge in [-0.25, -0.2) is 0 Å². The first-order chi connectivity index (χ1) is 9.25. The van der Waals surface area contributed by atoms with Gasteiger partial charge in [0.1, 0.15) is 6.04 Å². The normalized spacial score (nSPS) is 12.7. The molecule has 0 saturated carbocycles. The molecule has 20 heavy (non-hydrogen) atoms. The molecule has 110 valence electrons. The monoisotopic (exact) mass is 288 g/mol. The fourth-order valence-corrected chi connectivity index (χ4v) is 1.51. The number of amides is 2. The Kier molecular flexibility index (Phi) is 5.12. The van der Waals surface area contributed by atoms with Crippen molar-refractivity contribution in [1.82, 2.24) is 10.6 Å². The maximum absolute atomic E-state index is 12.5. The van der Waals surface area contributed by atoms with Crippen molar-refractivity contribution >= 4 is 11.8 Å². The summed E-state index contributed by atoms with van der Waals surface area (Å²) in [5.74, 6) is -1.12. The molecule has 2 amide bonds. The molecule has 0 aliphatic heterocycles.